The highest BCUT2D eigenvalue weighted by molar-refractivity contribution is 6.30. The second-order valence-electron chi connectivity index (χ2n) is 7.48. The summed E-state index contributed by atoms with van der Waals surface area (Å²) in [6.45, 7) is 3.81. The maximum absolute atomic E-state index is 14.2. The molecule has 0 bridgehead atoms. The van der Waals surface area contributed by atoms with Crippen molar-refractivity contribution in [2.75, 3.05) is 38.5 Å². The number of aryl methyl sites for hydroxylation is 1. The Morgan fingerprint density at radius 3 is 2.66 bits per heavy atom. The fourth-order valence-electron chi connectivity index (χ4n) is 3.59. The molecule has 1 fully saturated rings. The number of benzene rings is 1. The predicted octanol–water partition coefficient (Wildman–Crippen LogP) is 4.42. The number of nitrogens with zero attached hydrogens (tertiary/aromatic N) is 1. The van der Waals surface area contributed by atoms with E-state index in [-0.39, 0.29) is 54.8 Å². The number of aromatic nitrogens is 1. The molecule has 1 aliphatic heterocycles. The zero-order valence-electron chi connectivity index (χ0n) is 17.7. The van der Waals surface area contributed by atoms with Crippen LogP contribution in [0.2, 0.25) is 5.02 Å². The molecule has 0 unspecified atom stereocenters. The van der Waals surface area contributed by atoms with Crippen molar-refractivity contribution in [3.05, 3.63) is 58.2 Å². The molecule has 32 heavy (non-hydrogen) atoms. The molecule has 11 heteroatoms. The van der Waals surface area contributed by atoms with Crippen molar-refractivity contribution in [3.8, 4) is 0 Å². The van der Waals surface area contributed by atoms with Crippen molar-refractivity contribution in [2.24, 2.45) is 5.92 Å². The average molecular weight is 534 g/mol. The molecule has 5 nitrogen and oxygen atoms in total. The van der Waals surface area contributed by atoms with E-state index in [4.69, 9.17) is 22.1 Å². The minimum Gasteiger partial charge on any atom is -0.384 e. The summed E-state index contributed by atoms with van der Waals surface area (Å²) in [6, 6.07) is 9.65. The summed E-state index contributed by atoms with van der Waals surface area (Å²) in [5.41, 5.74) is 7.77. The van der Waals surface area contributed by atoms with Crippen LogP contribution < -0.4 is 16.4 Å². The van der Waals surface area contributed by atoms with E-state index in [1.54, 1.807) is 6.07 Å². The Kier molecular flexibility index (Phi) is 13.9. The van der Waals surface area contributed by atoms with Gasteiger partial charge in [-0.25, -0.2) is 4.98 Å². The molecule has 4 N–H and O–H groups in total. The molecule has 0 spiro atoms. The molecule has 0 radical (unpaired) electrons. The van der Waals surface area contributed by atoms with E-state index in [0.717, 1.165) is 30.8 Å². The van der Waals surface area contributed by atoms with E-state index < -0.39 is 12.5 Å². The number of anilines is 1. The SMILES string of the molecule is Cc1cc(N)nc(C[C@@H]2CNC[C@@H]2OCCNCC(F)(F)c2cccc(Cl)c2)c1.Cl.Cl.Cl. The van der Waals surface area contributed by atoms with Crippen LogP contribution in [0.1, 0.15) is 16.8 Å². The van der Waals surface area contributed by atoms with Crippen molar-refractivity contribution < 1.29 is 13.5 Å². The van der Waals surface area contributed by atoms with Gasteiger partial charge in [-0.3, -0.25) is 0 Å². The number of nitrogens with two attached hydrogens (primary N) is 1. The van der Waals surface area contributed by atoms with Gasteiger partial charge in [0.25, 0.3) is 5.92 Å². The summed E-state index contributed by atoms with van der Waals surface area (Å²) in [7, 11) is 0. The number of rotatable bonds is 9. The number of hydrogen-bond acceptors (Lipinski definition) is 5. The lowest BCUT2D eigenvalue weighted by Crippen LogP contribution is -2.34. The topological polar surface area (TPSA) is 72.2 Å². The Morgan fingerprint density at radius 1 is 1.22 bits per heavy atom. The van der Waals surface area contributed by atoms with E-state index in [9.17, 15) is 8.78 Å². The molecule has 2 heterocycles. The van der Waals surface area contributed by atoms with Gasteiger partial charge in [0.1, 0.15) is 5.82 Å². The highest BCUT2D eigenvalue weighted by Gasteiger charge is 2.31. The number of ether oxygens (including phenoxy) is 1. The summed E-state index contributed by atoms with van der Waals surface area (Å²) in [5.74, 6) is -2.19. The first-order valence-electron chi connectivity index (χ1n) is 9.73. The van der Waals surface area contributed by atoms with Gasteiger partial charge in [-0.05, 0) is 43.2 Å². The number of nitrogens with one attached hydrogen (secondary N) is 2. The largest absolute Gasteiger partial charge is 0.384 e. The van der Waals surface area contributed by atoms with E-state index in [2.05, 4.69) is 15.6 Å². The number of alkyl halides is 2. The van der Waals surface area contributed by atoms with Crippen LogP contribution in [-0.2, 0) is 17.1 Å². The standard InChI is InChI=1S/C21H27ClF2N4O.3ClH/c1-14-7-18(28-20(25)8-14)9-15-11-27-12-19(15)29-6-5-26-13-21(23,24)16-3-2-4-17(22)10-16;;;/h2-4,7-8,10,15,19,26-27H,5-6,9,11-13H2,1H3,(H2,25,28);3*1H/t15-,19+;;;/m1.../s1. The average Bonchev–Trinajstić information content (AvgIpc) is 3.07. The molecule has 1 aromatic heterocycles. The summed E-state index contributed by atoms with van der Waals surface area (Å²) >= 11 is 5.81. The first kappa shape index (κ1) is 31.1. The van der Waals surface area contributed by atoms with Crippen molar-refractivity contribution in [3.63, 3.8) is 0 Å². The Morgan fingerprint density at radius 2 is 1.97 bits per heavy atom. The zero-order chi connectivity index (χ0) is 20.9. The lowest BCUT2D eigenvalue weighted by atomic mass is 9.99. The van der Waals surface area contributed by atoms with Gasteiger partial charge in [0.15, 0.2) is 0 Å². The van der Waals surface area contributed by atoms with Gasteiger partial charge in [0.05, 0.1) is 19.3 Å². The smallest absolute Gasteiger partial charge is 0.285 e. The van der Waals surface area contributed by atoms with Crippen LogP contribution in [0.5, 0.6) is 0 Å². The zero-order valence-corrected chi connectivity index (χ0v) is 20.9. The molecule has 0 aliphatic carbocycles. The molecule has 0 amide bonds. The fourth-order valence-corrected chi connectivity index (χ4v) is 3.79. The third-order valence-electron chi connectivity index (χ3n) is 5.00. The van der Waals surface area contributed by atoms with Gasteiger partial charge in [0, 0.05) is 41.8 Å². The minimum atomic E-state index is -2.99. The summed E-state index contributed by atoms with van der Waals surface area (Å²) in [6.07, 6.45) is 0.790. The third-order valence-corrected chi connectivity index (χ3v) is 5.23. The van der Waals surface area contributed by atoms with Crippen LogP contribution in [0.15, 0.2) is 36.4 Å². The molecule has 182 valence electrons. The lowest BCUT2D eigenvalue weighted by molar-refractivity contribution is -0.00799. The van der Waals surface area contributed by atoms with E-state index in [1.165, 1.54) is 18.2 Å². The van der Waals surface area contributed by atoms with Crippen molar-refractivity contribution in [2.45, 2.75) is 25.4 Å². The molecule has 0 saturated carbocycles. The number of hydrogen-bond donors (Lipinski definition) is 3. The summed E-state index contributed by atoms with van der Waals surface area (Å²) < 4.78 is 34.4. The van der Waals surface area contributed by atoms with Crippen LogP contribution in [0.25, 0.3) is 0 Å². The van der Waals surface area contributed by atoms with Gasteiger partial charge in [-0.15, -0.1) is 37.2 Å². The normalized spacial score (nSPS) is 17.8. The second kappa shape index (κ2) is 14.4. The molecular weight excluding hydrogens is 504 g/mol. The number of pyridine rings is 1. The Balaban J connectivity index is 0.00000320. The van der Waals surface area contributed by atoms with E-state index in [1.807, 2.05) is 19.1 Å². The van der Waals surface area contributed by atoms with Crippen LogP contribution in [0, 0.1) is 12.8 Å². The molecule has 1 aliphatic rings. The molecule has 1 aromatic carbocycles. The summed E-state index contributed by atoms with van der Waals surface area (Å²) in [4.78, 5) is 4.39. The molecular formula is C21H30Cl4F2N4O. The van der Waals surface area contributed by atoms with Crippen molar-refractivity contribution >= 4 is 54.6 Å². The molecule has 2 atom stereocenters. The lowest BCUT2D eigenvalue weighted by Gasteiger charge is -2.21. The Labute approximate surface area is 211 Å². The van der Waals surface area contributed by atoms with Gasteiger partial charge >= 0.3 is 0 Å². The third kappa shape index (κ3) is 9.14. The van der Waals surface area contributed by atoms with Gasteiger partial charge in [-0.2, -0.15) is 8.78 Å². The predicted molar refractivity (Wildman–Crippen MR) is 133 cm³/mol. The minimum absolute atomic E-state index is 0. The van der Waals surface area contributed by atoms with Crippen LogP contribution >= 0.6 is 48.8 Å². The Bertz CT molecular complexity index is 812. The van der Waals surface area contributed by atoms with Crippen molar-refractivity contribution in [1.29, 1.82) is 0 Å². The second-order valence-corrected chi connectivity index (χ2v) is 7.92. The van der Waals surface area contributed by atoms with Gasteiger partial charge in [0.2, 0.25) is 0 Å². The molecule has 3 rings (SSSR count). The fraction of sp³-hybridized carbons (Fsp3) is 0.476. The highest BCUT2D eigenvalue weighted by atomic mass is 35.5. The van der Waals surface area contributed by atoms with Crippen molar-refractivity contribution in [1.82, 2.24) is 15.6 Å². The Hall–Kier alpha value is -0.930. The highest BCUT2D eigenvalue weighted by Crippen LogP contribution is 2.28. The quantitative estimate of drug-likeness (QED) is 0.416. The maximum Gasteiger partial charge on any atom is 0.285 e. The molecule has 1 saturated heterocycles. The van der Waals surface area contributed by atoms with Gasteiger partial charge < -0.3 is 21.1 Å². The van der Waals surface area contributed by atoms with Crippen LogP contribution in [0.4, 0.5) is 14.6 Å². The number of nitrogen functional groups attached to an aromatic ring is 1. The maximum atomic E-state index is 14.2. The van der Waals surface area contributed by atoms with Gasteiger partial charge in [-0.1, -0.05) is 23.7 Å². The monoisotopic (exact) mass is 532 g/mol. The van der Waals surface area contributed by atoms with Crippen LogP contribution in [-0.4, -0.2) is 43.9 Å². The first-order valence-corrected chi connectivity index (χ1v) is 10.1. The first-order chi connectivity index (χ1) is 13.8. The van der Waals surface area contributed by atoms with E-state index >= 15 is 0 Å². The van der Waals surface area contributed by atoms with E-state index in [0.29, 0.717) is 24.0 Å². The molecule has 2 aromatic rings. The number of halogens is 6. The van der Waals surface area contributed by atoms with Crippen LogP contribution in [0.3, 0.4) is 0 Å². The summed E-state index contributed by atoms with van der Waals surface area (Å²) in [5, 5.41) is 6.41.